The molecule has 5 heteroatoms. The average molecular weight is 485 g/mol. The molecule has 0 spiro atoms. The van der Waals surface area contributed by atoms with Crippen molar-refractivity contribution in [3.63, 3.8) is 0 Å². The number of aromatic nitrogens is 1. The van der Waals surface area contributed by atoms with Crippen LogP contribution in [0.15, 0.2) is 66.7 Å². The van der Waals surface area contributed by atoms with Gasteiger partial charge in [0.15, 0.2) is 11.5 Å². The Labute approximate surface area is 213 Å². The Kier molecular flexibility index (Phi) is 7.47. The third-order valence-electron chi connectivity index (χ3n) is 7.30. The predicted octanol–water partition coefficient (Wildman–Crippen LogP) is 6.63. The minimum atomic E-state index is 0.273. The summed E-state index contributed by atoms with van der Waals surface area (Å²) in [4.78, 5) is 2.51. The molecule has 5 rings (SSSR count). The van der Waals surface area contributed by atoms with Crippen LogP contribution in [0.25, 0.3) is 22.2 Å². The summed E-state index contributed by atoms with van der Waals surface area (Å²) in [6, 6.07) is 22.2. The molecule has 1 aromatic heterocycles. The van der Waals surface area contributed by atoms with Gasteiger partial charge in [-0.15, -0.1) is 0 Å². The number of aromatic hydroxyl groups is 1. The molecule has 4 aromatic rings. The number of nitrogens with zero attached hydrogens (tertiary/aromatic N) is 2. The van der Waals surface area contributed by atoms with Gasteiger partial charge in [0, 0.05) is 24.0 Å². The number of phenols is 1. The molecule has 0 bridgehead atoms. The Balaban J connectivity index is 1.39. The highest BCUT2D eigenvalue weighted by molar-refractivity contribution is 5.91. The van der Waals surface area contributed by atoms with E-state index in [1.807, 2.05) is 18.2 Å². The minimum absolute atomic E-state index is 0.273. The number of methoxy groups -OCH3 is 1. The molecular formula is C31H36N2O3. The van der Waals surface area contributed by atoms with Gasteiger partial charge >= 0.3 is 0 Å². The van der Waals surface area contributed by atoms with Crippen LogP contribution in [0.5, 0.6) is 17.2 Å². The number of rotatable bonds is 8. The summed E-state index contributed by atoms with van der Waals surface area (Å²) in [6.07, 6.45) is 5.27. The number of likely N-dealkylation sites (tertiary alicyclic amines) is 1. The van der Waals surface area contributed by atoms with Gasteiger partial charge in [0.2, 0.25) is 0 Å². The third-order valence-corrected chi connectivity index (χ3v) is 7.30. The van der Waals surface area contributed by atoms with Crippen molar-refractivity contribution in [3.05, 3.63) is 77.9 Å². The molecule has 36 heavy (non-hydrogen) atoms. The number of benzene rings is 3. The molecule has 188 valence electrons. The molecule has 1 saturated heterocycles. The normalized spacial score (nSPS) is 14.6. The summed E-state index contributed by atoms with van der Waals surface area (Å²) < 4.78 is 14.2. The van der Waals surface area contributed by atoms with Crippen LogP contribution in [-0.4, -0.2) is 47.9 Å². The quantitative estimate of drug-likeness (QED) is 0.305. The van der Waals surface area contributed by atoms with Crippen LogP contribution >= 0.6 is 0 Å². The molecule has 1 aliphatic heterocycles. The van der Waals surface area contributed by atoms with Crippen molar-refractivity contribution in [2.24, 2.45) is 0 Å². The van der Waals surface area contributed by atoms with E-state index in [4.69, 9.17) is 9.47 Å². The number of hydrogen-bond acceptors (Lipinski definition) is 4. The standard InChI is InChI=1S/C31H36N2O3/c1-23-27-9-5-6-10-28(27)33(31(23)25-12-14-26(34)15-13-25)22-24-11-16-29(30(21-24)35-2)36-20-19-32-17-7-3-4-8-18-32/h5-6,9-16,21,34H,3-4,7-8,17-20,22H2,1-2H3. The molecular weight excluding hydrogens is 448 g/mol. The number of hydrogen-bond donors (Lipinski definition) is 1. The van der Waals surface area contributed by atoms with Crippen LogP contribution < -0.4 is 9.47 Å². The van der Waals surface area contributed by atoms with Crippen molar-refractivity contribution in [2.45, 2.75) is 39.2 Å². The Morgan fingerprint density at radius 2 is 1.61 bits per heavy atom. The molecule has 0 atom stereocenters. The lowest BCUT2D eigenvalue weighted by molar-refractivity contribution is 0.209. The molecule has 1 aliphatic rings. The number of fused-ring (bicyclic) bond motifs is 1. The molecule has 1 fully saturated rings. The highest BCUT2D eigenvalue weighted by Crippen LogP contribution is 2.36. The highest BCUT2D eigenvalue weighted by atomic mass is 16.5. The zero-order chi connectivity index (χ0) is 24.9. The van der Waals surface area contributed by atoms with Crippen molar-refractivity contribution in [1.29, 1.82) is 0 Å². The third kappa shape index (κ3) is 5.21. The van der Waals surface area contributed by atoms with E-state index in [-0.39, 0.29) is 5.75 Å². The topological polar surface area (TPSA) is 46.9 Å². The van der Waals surface area contributed by atoms with Crippen LogP contribution in [0.4, 0.5) is 0 Å². The maximum Gasteiger partial charge on any atom is 0.161 e. The Bertz CT molecular complexity index is 1300. The Morgan fingerprint density at radius 3 is 2.36 bits per heavy atom. The van der Waals surface area contributed by atoms with Gasteiger partial charge in [0.05, 0.1) is 12.8 Å². The summed E-state index contributed by atoms with van der Waals surface area (Å²) in [7, 11) is 1.71. The molecule has 0 amide bonds. The van der Waals surface area contributed by atoms with Crippen molar-refractivity contribution in [2.75, 3.05) is 33.4 Å². The fourth-order valence-corrected chi connectivity index (χ4v) is 5.39. The zero-order valence-corrected chi connectivity index (χ0v) is 21.4. The fourth-order valence-electron chi connectivity index (χ4n) is 5.39. The van der Waals surface area contributed by atoms with Crippen molar-refractivity contribution in [3.8, 4) is 28.5 Å². The van der Waals surface area contributed by atoms with Crippen molar-refractivity contribution >= 4 is 10.9 Å². The summed E-state index contributed by atoms with van der Waals surface area (Å²) >= 11 is 0. The van der Waals surface area contributed by atoms with Crippen molar-refractivity contribution < 1.29 is 14.6 Å². The largest absolute Gasteiger partial charge is 0.508 e. The SMILES string of the molecule is COc1cc(Cn2c(-c3ccc(O)cc3)c(C)c3ccccc32)ccc1OCCN1CCCCCC1. The monoisotopic (exact) mass is 484 g/mol. The molecule has 3 aromatic carbocycles. The first-order valence-corrected chi connectivity index (χ1v) is 13.0. The first kappa shape index (κ1) is 24.3. The van der Waals surface area contributed by atoms with Crippen LogP contribution in [0.2, 0.25) is 0 Å². The summed E-state index contributed by atoms with van der Waals surface area (Å²) in [5.41, 5.74) is 5.81. The second-order valence-electron chi connectivity index (χ2n) is 9.71. The minimum Gasteiger partial charge on any atom is -0.508 e. The van der Waals surface area contributed by atoms with Gasteiger partial charge in [-0.3, -0.25) is 4.90 Å². The van der Waals surface area contributed by atoms with Gasteiger partial charge in [-0.2, -0.15) is 0 Å². The molecule has 1 N–H and O–H groups in total. The molecule has 0 aliphatic carbocycles. The first-order valence-electron chi connectivity index (χ1n) is 13.0. The van der Waals surface area contributed by atoms with Gasteiger partial charge in [0.1, 0.15) is 12.4 Å². The van der Waals surface area contributed by atoms with E-state index in [1.165, 1.54) is 55.2 Å². The second-order valence-corrected chi connectivity index (χ2v) is 9.71. The fraction of sp³-hybridized carbons (Fsp3) is 0.355. The van der Waals surface area contributed by atoms with E-state index in [0.717, 1.165) is 34.9 Å². The van der Waals surface area contributed by atoms with Crippen LogP contribution in [0, 0.1) is 6.92 Å². The van der Waals surface area contributed by atoms with E-state index in [0.29, 0.717) is 13.2 Å². The van der Waals surface area contributed by atoms with E-state index < -0.39 is 0 Å². The Morgan fingerprint density at radius 1 is 0.861 bits per heavy atom. The Hall–Kier alpha value is -3.44. The van der Waals surface area contributed by atoms with Crippen LogP contribution in [0.3, 0.4) is 0 Å². The first-order chi connectivity index (χ1) is 17.6. The van der Waals surface area contributed by atoms with Crippen LogP contribution in [-0.2, 0) is 6.54 Å². The predicted molar refractivity (Wildman–Crippen MR) is 146 cm³/mol. The van der Waals surface area contributed by atoms with E-state index in [2.05, 4.69) is 52.8 Å². The molecule has 0 unspecified atom stereocenters. The number of aryl methyl sites for hydroxylation is 1. The smallest absolute Gasteiger partial charge is 0.161 e. The second kappa shape index (κ2) is 11.1. The lowest BCUT2D eigenvalue weighted by Gasteiger charge is -2.20. The zero-order valence-electron chi connectivity index (χ0n) is 21.4. The summed E-state index contributed by atoms with van der Waals surface area (Å²) in [5, 5.41) is 11.1. The summed E-state index contributed by atoms with van der Waals surface area (Å²) in [5.74, 6) is 1.83. The van der Waals surface area contributed by atoms with E-state index >= 15 is 0 Å². The van der Waals surface area contributed by atoms with Gasteiger partial charge in [-0.25, -0.2) is 0 Å². The van der Waals surface area contributed by atoms with Crippen molar-refractivity contribution in [1.82, 2.24) is 9.47 Å². The molecule has 0 saturated carbocycles. The molecule has 2 heterocycles. The lowest BCUT2D eigenvalue weighted by atomic mass is 10.1. The lowest BCUT2D eigenvalue weighted by Crippen LogP contribution is -2.29. The molecule has 5 nitrogen and oxygen atoms in total. The van der Waals surface area contributed by atoms with E-state index in [9.17, 15) is 5.11 Å². The highest BCUT2D eigenvalue weighted by Gasteiger charge is 2.17. The average Bonchev–Trinajstić information content (AvgIpc) is 3.05. The number of phenolic OH excluding ortho intramolecular Hbond substituents is 1. The van der Waals surface area contributed by atoms with Gasteiger partial charge in [-0.05, 0) is 92.0 Å². The molecule has 0 radical (unpaired) electrons. The summed E-state index contributed by atoms with van der Waals surface area (Å²) in [6.45, 7) is 6.84. The maximum atomic E-state index is 9.81. The van der Waals surface area contributed by atoms with Crippen LogP contribution in [0.1, 0.15) is 36.8 Å². The van der Waals surface area contributed by atoms with Gasteiger partial charge in [-0.1, -0.05) is 37.1 Å². The number of ether oxygens (including phenoxy) is 2. The van der Waals surface area contributed by atoms with E-state index in [1.54, 1.807) is 19.2 Å². The maximum absolute atomic E-state index is 9.81. The van der Waals surface area contributed by atoms with Gasteiger partial charge in [0.25, 0.3) is 0 Å². The van der Waals surface area contributed by atoms with Gasteiger partial charge < -0.3 is 19.1 Å². The number of para-hydroxylation sites is 1.